The molecule has 0 saturated carbocycles. The van der Waals surface area contributed by atoms with Gasteiger partial charge in [-0.15, -0.1) is 0 Å². The van der Waals surface area contributed by atoms with E-state index in [0.29, 0.717) is 24.2 Å². The maximum atomic E-state index is 12.2. The van der Waals surface area contributed by atoms with Gasteiger partial charge in [0.2, 0.25) is 0 Å². The van der Waals surface area contributed by atoms with E-state index in [2.05, 4.69) is 10.7 Å². The van der Waals surface area contributed by atoms with Crippen LogP contribution in [0.25, 0.3) is 0 Å². The lowest BCUT2D eigenvalue weighted by Crippen LogP contribution is -2.27. The van der Waals surface area contributed by atoms with Crippen molar-refractivity contribution >= 4 is 11.6 Å². The molecule has 2 aromatic rings. The summed E-state index contributed by atoms with van der Waals surface area (Å²) < 4.78 is 0. The average Bonchev–Trinajstić information content (AvgIpc) is 2.49. The molecule has 5 N–H and O–H groups in total. The third-order valence-electron chi connectivity index (χ3n) is 3.21. The van der Waals surface area contributed by atoms with E-state index in [0.717, 1.165) is 11.1 Å². The number of nitrogens with two attached hydrogens (primary N) is 1. The van der Waals surface area contributed by atoms with Crippen molar-refractivity contribution in [3.05, 3.63) is 59.2 Å². The van der Waals surface area contributed by atoms with Crippen molar-refractivity contribution in [2.75, 3.05) is 12.0 Å². The lowest BCUT2D eigenvalue weighted by atomic mass is 10.1. The maximum Gasteiger partial charge on any atom is 0.253 e. The van der Waals surface area contributed by atoms with Crippen LogP contribution in [0.3, 0.4) is 0 Å². The number of carbonyl (C=O) groups is 1. The van der Waals surface area contributed by atoms with E-state index < -0.39 is 0 Å². The van der Waals surface area contributed by atoms with Gasteiger partial charge >= 0.3 is 0 Å². The van der Waals surface area contributed by atoms with Crippen molar-refractivity contribution in [3.63, 3.8) is 0 Å². The third-order valence-corrected chi connectivity index (χ3v) is 3.21. The van der Waals surface area contributed by atoms with Crippen LogP contribution in [-0.4, -0.2) is 17.6 Å². The first-order valence-electron chi connectivity index (χ1n) is 6.73. The van der Waals surface area contributed by atoms with Crippen LogP contribution in [0.2, 0.25) is 0 Å². The highest BCUT2D eigenvalue weighted by Gasteiger charge is 2.10. The number of carbonyl (C=O) groups excluding carboxylic acids is 1. The maximum absolute atomic E-state index is 12.2. The molecule has 5 heteroatoms. The van der Waals surface area contributed by atoms with E-state index in [4.69, 9.17) is 5.84 Å². The Kier molecular flexibility index (Phi) is 4.79. The second-order valence-corrected chi connectivity index (χ2v) is 4.87. The number of hydrazine groups is 1. The minimum Gasteiger partial charge on any atom is -0.508 e. The van der Waals surface area contributed by atoms with E-state index in [1.807, 2.05) is 25.1 Å². The van der Waals surface area contributed by atoms with Gasteiger partial charge in [0, 0.05) is 6.54 Å². The van der Waals surface area contributed by atoms with Gasteiger partial charge in [0.05, 0.1) is 11.3 Å². The number of rotatable bonds is 5. The van der Waals surface area contributed by atoms with Gasteiger partial charge in [-0.1, -0.05) is 23.8 Å². The first kappa shape index (κ1) is 14.9. The Bertz CT molecular complexity index is 624. The summed E-state index contributed by atoms with van der Waals surface area (Å²) in [6.45, 7) is 2.44. The van der Waals surface area contributed by atoms with Crippen LogP contribution in [-0.2, 0) is 6.42 Å². The van der Waals surface area contributed by atoms with Crippen molar-refractivity contribution in [1.29, 1.82) is 0 Å². The highest BCUT2D eigenvalue weighted by molar-refractivity contribution is 5.99. The number of amides is 1. The first-order chi connectivity index (χ1) is 10.1. The minimum atomic E-state index is -0.162. The van der Waals surface area contributed by atoms with Gasteiger partial charge in [-0.05, 0) is 43.2 Å². The molecule has 2 aromatic carbocycles. The fourth-order valence-corrected chi connectivity index (χ4v) is 2.05. The highest BCUT2D eigenvalue weighted by atomic mass is 16.3. The van der Waals surface area contributed by atoms with Crippen LogP contribution < -0.4 is 16.6 Å². The zero-order valence-corrected chi connectivity index (χ0v) is 11.9. The zero-order valence-electron chi connectivity index (χ0n) is 11.9. The average molecular weight is 285 g/mol. The van der Waals surface area contributed by atoms with E-state index in [1.54, 1.807) is 24.3 Å². The number of hydrogen-bond acceptors (Lipinski definition) is 4. The van der Waals surface area contributed by atoms with Crippen LogP contribution in [0.15, 0.2) is 42.5 Å². The third kappa shape index (κ3) is 3.97. The second kappa shape index (κ2) is 6.76. The monoisotopic (exact) mass is 285 g/mol. The Labute approximate surface area is 123 Å². The summed E-state index contributed by atoms with van der Waals surface area (Å²) in [7, 11) is 0. The topological polar surface area (TPSA) is 87.4 Å². The van der Waals surface area contributed by atoms with Crippen LogP contribution in [0.1, 0.15) is 21.5 Å². The molecule has 0 bridgehead atoms. The van der Waals surface area contributed by atoms with Crippen molar-refractivity contribution in [3.8, 4) is 5.75 Å². The molecule has 0 atom stereocenters. The number of phenols is 1. The molecule has 110 valence electrons. The van der Waals surface area contributed by atoms with Crippen LogP contribution in [0.4, 0.5) is 5.69 Å². The van der Waals surface area contributed by atoms with E-state index in [-0.39, 0.29) is 11.7 Å². The van der Waals surface area contributed by atoms with Gasteiger partial charge in [0.25, 0.3) is 5.91 Å². The standard InChI is InChI=1S/C16H19N3O2/c1-11-2-7-15(19-17)14(10-11)16(21)18-9-8-12-3-5-13(20)6-4-12/h2-7,10,19-20H,8-9,17H2,1H3,(H,18,21). The smallest absolute Gasteiger partial charge is 0.253 e. The fourth-order valence-electron chi connectivity index (χ4n) is 2.05. The summed E-state index contributed by atoms with van der Waals surface area (Å²) in [5.74, 6) is 5.49. The van der Waals surface area contributed by atoms with E-state index in [1.165, 1.54) is 0 Å². The van der Waals surface area contributed by atoms with Crippen LogP contribution >= 0.6 is 0 Å². The van der Waals surface area contributed by atoms with Crippen LogP contribution in [0, 0.1) is 6.92 Å². The molecule has 0 aromatic heterocycles. The number of aromatic hydroxyl groups is 1. The molecular formula is C16H19N3O2. The molecule has 0 fully saturated rings. The second-order valence-electron chi connectivity index (χ2n) is 4.87. The SMILES string of the molecule is Cc1ccc(NN)c(C(=O)NCCc2ccc(O)cc2)c1. The van der Waals surface area contributed by atoms with E-state index >= 15 is 0 Å². The molecule has 0 aliphatic carbocycles. The number of aryl methyl sites for hydroxylation is 1. The summed E-state index contributed by atoms with van der Waals surface area (Å²) in [5, 5.41) is 12.1. The Morgan fingerprint density at radius 2 is 1.90 bits per heavy atom. The normalized spacial score (nSPS) is 10.2. The van der Waals surface area contributed by atoms with Crippen LogP contribution in [0.5, 0.6) is 5.75 Å². The number of nitrogen functional groups attached to an aromatic ring is 1. The molecule has 0 radical (unpaired) electrons. The quantitative estimate of drug-likeness (QED) is 0.499. The summed E-state index contributed by atoms with van der Waals surface area (Å²) >= 11 is 0. The lowest BCUT2D eigenvalue weighted by molar-refractivity contribution is 0.0955. The summed E-state index contributed by atoms with van der Waals surface area (Å²) in [5.41, 5.74) is 5.71. The predicted octanol–water partition coefficient (Wildman–Crippen LogP) is 1.96. The number of benzene rings is 2. The molecule has 0 heterocycles. The Hall–Kier alpha value is -2.53. The molecular weight excluding hydrogens is 266 g/mol. The van der Waals surface area contributed by atoms with Crippen molar-refractivity contribution in [2.24, 2.45) is 5.84 Å². The summed E-state index contributed by atoms with van der Waals surface area (Å²) in [6.07, 6.45) is 0.698. The molecule has 0 aliphatic rings. The van der Waals surface area contributed by atoms with Crippen molar-refractivity contribution in [2.45, 2.75) is 13.3 Å². The summed E-state index contributed by atoms with van der Waals surface area (Å²) in [4.78, 5) is 12.2. The molecule has 1 amide bonds. The summed E-state index contributed by atoms with van der Waals surface area (Å²) in [6, 6.07) is 12.4. The van der Waals surface area contributed by atoms with Gasteiger partial charge in [-0.2, -0.15) is 0 Å². The molecule has 5 nitrogen and oxygen atoms in total. The van der Waals surface area contributed by atoms with Gasteiger partial charge in [-0.25, -0.2) is 0 Å². The van der Waals surface area contributed by atoms with Gasteiger partial charge in [0.1, 0.15) is 5.75 Å². The number of phenolic OH excluding ortho intramolecular Hbond substituents is 1. The largest absolute Gasteiger partial charge is 0.508 e. The molecule has 0 unspecified atom stereocenters. The molecule has 21 heavy (non-hydrogen) atoms. The predicted molar refractivity (Wildman–Crippen MR) is 83.1 cm³/mol. The molecule has 2 rings (SSSR count). The lowest BCUT2D eigenvalue weighted by Gasteiger charge is -2.10. The van der Waals surface area contributed by atoms with E-state index in [9.17, 15) is 9.90 Å². The van der Waals surface area contributed by atoms with Gasteiger partial charge < -0.3 is 15.8 Å². The first-order valence-corrected chi connectivity index (χ1v) is 6.73. The Morgan fingerprint density at radius 3 is 2.57 bits per heavy atom. The fraction of sp³-hybridized carbons (Fsp3) is 0.188. The Morgan fingerprint density at radius 1 is 1.19 bits per heavy atom. The number of nitrogens with one attached hydrogen (secondary N) is 2. The van der Waals surface area contributed by atoms with Crippen molar-refractivity contribution < 1.29 is 9.90 Å². The molecule has 0 aliphatic heterocycles. The molecule has 0 saturated heterocycles. The number of hydrogen-bond donors (Lipinski definition) is 4. The van der Waals surface area contributed by atoms with Crippen molar-refractivity contribution in [1.82, 2.24) is 5.32 Å². The van der Waals surface area contributed by atoms with Gasteiger partial charge in [-0.3, -0.25) is 10.6 Å². The number of anilines is 1. The minimum absolute atomic E-state index is 0.162. The molecule has 0 spiro atoms. The Balaban J connectivity index is 1.95. The highest BCUT2D eigenvalue weighted by Crippen LogP contribution is 2.16. The van der Waals surface area contributed by atoms with Gasteiger partial charge in [0.15, 0.2) is 0 Å². The zero-order chi connectivity index (χ0) is 15.2.